The summed E-state index contributed by atoms with van der Waals surface area (Å²) >= 11 is 0. The van der Waals surface area contributed by atoms with E-state index in [9.17, 15) is 4.79 Å². The predicted octanol–water partition coefficient (Wildman–Crippen LogP) is 2.64. The van der Waals surface area contributed by atoms with Gasteiger partial charge in [-0.15, -0.1) is 0 Å². The molecule has 0 radical (unpaired) electrons. The van der Waals surface area contributed by atoms with E-state index in [2.05, 4.69) is 38.1 Å². The molecule has 2 aromatic heterocycles. The Morgan fingerprint density at radius 3 is 2.65 bits per heavy atom. The fraction of sp³-hybridized carbons (Fsp3) is 0.529. The van der Waals surface area contributed by atoms with Crippen molar-refractivity contribution < 1.29 is 4.79 Å². The highest BCUT2D eigenvalue weighted by atomic mass is 16.1. The first-order chi connectivity index (χ1) is 10.6. The second kappa shape index (κ2) is 4.88. The maximum absolute atomic E-state index is 11.8. The number of rotatable bonds is 3. The van der Waals surface area contributed by atoms with Gasteiger partial charge >= 0.3 is 0 Å². The molecule has 1 saturated carbocycles. The number of nitrogens with two attached hydrogens (primary N) is 2. The van der Waals surface area contributed by atoms with Crippen LogP contribution in [0.2, 0.25) is 0 Å². The highest BCUT2D eigenvalue weighted by Gasteiger charge is 2.48. The topological polar surface area (TPSA) is 98.4 Å². The molecule has 0 aromatic carbocycles. The smallest absolute Gasteiger partial charge is 0.252 e. The van der Waals surface area contributed by atoms with E-state index in [1.165, 1.54) is 6.20 Å². The molecule has 1 amide bonds. The Balaban J connectivity index is 2.09. The summed E-state index contributed by atoms with van der Waals surface area (Å²) in [5, 5.41) is 7.80. The number of aromatic nitrogens is 2. The number of amides is 1. The van der Waals surface area contributed by atoms with Crippen molar-refractivity contribution in [2.45, 2.75) is 46.6 Å². The van der Waals surface area contributed by atoms with E-state index in [0.717, 1.165) is 24.0 Å². The van der Waals surface area contributed by atoms with Crippen LogP contribution < -0.4 is 16.8 Å². The lowest BCUT2D eigenvalue weighted by Gasteiger charge is -2.39. The fourth-order valence-corrected chi connectivity index (χ4v) is 3.50. The van der Waals surface area contributed by atoms with Crippen LogP contribution in [0.5, 0.6) is 0 Å². The number of primary amides is 1. The van der Waals surface area contributed by atoms with E-state index in [4.69, 9.17) is 11.5 Å². The number of carbonyl (C=O) groups excluding carboxylic acids is 1. The summed E-state index contributed by atoms with van der Waals surface area (Å²) in [7, 11) is 0. The van der Waals surface area contributed by atoms with Crippen LogP contribution in [0.1, 0.15) is 50.9 Å². The molecule has 1 atom stereocenters. The molecular formula is C17H25N5O. The van der Waals surface area contributed by atoms with Gasteiger partial charge in [-0.1, -0.05) is 27.7 Å². The average molecular weight is 315 g/mol. The molecule has 2 aromatic rings. The van der Waals surface area contributed by atoms with Crippen molar-refractivity contribution >= 4 is 22.8 Å². The summed E-state index contributed by atoms with van der Waals surface area (Å²) in [5.41, 5.74) is 14.2. The van der Waals surface area contributed by atoms with E-state index in [1.54, 1.807) is 10.7 Å². The van der Waals surface area contributed by atoms with Crippen LogP contribution in [0.25, 0.3) is 5.52 Å². The van der Waals surface area contributed by atoms with Crippen LogP contribution in [-0.2, 0) is 0 Å². The van der Waals surface area contributed by atoms with Crippen molar-refractivity contribution in [1.29, 1.82) is 0 Å². The maximum atomic E-state index is 11.8. The van der Waals surface area contributed by atoms with Gasteiger partial charge in [-0.3, -0.25) is 4.79 Å². The number of nitrogens with zero attached hydrogens (tertiary/aromatic N) is 2. The molecular weight excluding hydrogens is 290 g/mol. The van der Waals surface area contributed by atoms with Crippen molar-refractivity contribution in [3.05, 3.63) is 24.0 Å². The zero-order chi connectivity index (χ0) is 17.0. The molecule has 1 fully saturated rings. The molecule has 1 aliphatic rings. The maximum Gasteiger partial charge on any atom is 0.252 e. The largest absolute Gasteiger partial charge is 0.397 e. The minimum absolute atomic E-state index is 0.0836. The number of hydrogen-bond donors (Lipinski definition) is 3. The standard InChI is InChI=1S/C17H25N5O/c1-16(2)6-5-13(17(16,3)4)21-14-11(15(19)23)8-20-22-9-10(18)7-12(14)22/h7-9,13,21H,5-6,18H2,1-4H3,(H2,19,23). The summed E-state index contributed by atoms with van der Waals surface area (Å²) in [6.07, 6.45) is 5.41. The Hall–Kier alpha value is -2.24. The lowest BCUT2D eigenvalue weighted by molar-refractivity contribution is 0.100. The summed E-state index contributed by atoms with van der Waals surface area (Å²) < 4.78 is 1.68. The lowest BCUT2D eigenvalue weighted by atomic mass is 9.69. The summed E-state index contributed by atoms with van der Waals surface area (Å²) in [6, 6.07) is 2.06. The third kappa shape index (κ3) is 2.33. The quantitative estimate of drug-likeness (QED) is 0.811. The number of fused-ring (bicyclic) bond motifs is 1. The van der Waals surface area contributed by atoms with E-state index in [1.807, 2.05) is 6.07 Å². The third-order valence-electron chi connectivity index (χ3n) is 5.92. The van der Waals surface area contributed by atoms with Gasteiger partial charge < -0.3 is 16.8 Å². The number of nitrogen functional groups attached to an aromatic ring is 1. The molecule has 6 heteroatoms. The predicted molar refractivity (Wildman–Crippen MR) is 92.3 cm³/mol. The van der Waals surface area contributed by atoms with Gasteiger partial charge in [-0.05, 0) is 29.7 Å². The van der Waals surface area contributed by atoms with E-state index in [0.29, 0.717) is 11.3 Å². The molecule has 3 rings (SSSR count). The van der Waals surface area contributed by atoms with Crippen molar-refractivity contribution in [2.24, 2.45) is 16.6 Å². The van der Waals surface area contributed by atoms with Gasteiger partial charge in [0, 0.05) is 6.04 Å². The number of anilines is 2. The SMILES string of the molecule is CC1(C)CCC(Nc2c(C(N)=O)cnn3cc(N)cc23)C1(C)C. The minimum Gasteiger partial charge on any atom is -0.397 e. The Labute approximate surface area is 136 Å². The van der Waals surface area contributed by atoms with E-state index in [-0.39, 0.29) is 16.9 Å². The Bertz CT molecular complexity index is 775. The van der Waals surface area contributed by atoms with Gasteiger partial charge in [0.05, 0.1) is 34.8 Å². The second-order valence-corrected chi connectivity index (χ2v) is 7.74. The number of nitrogens with one attached hydrogen (secondary N) is 1. The Morgan fingerprint density at radius 1 is 1.39 bits per heavy atom. The highest BCUT2D eigenvalue weighted by Crippen LogP contribution is 2.53. The van der Waals surface area contributed by atoms with Gasteiger partial charge in [-0.2, -0.15) is 5.10 Å². The van der Waals surface area contributed by atoms with Crippen LogP contribution in [-0.4, -0.2) is 21.6 Å². The van der Waals surface area contributed by atoms with E-state index < -0.39 is 5.91 Å². The first-order valence-corrected chi connectivity index (χ1v) is 7.97. The van der Waals surface area contributed by atoms with Gasteiger partial charge in [0.25, 0.3) is 5.91 Å². The van der Waals surface area contributed by atoms with E-state index >= 15 is 0 Å². The highest BCUT2D eigenvalue weighted by molar-refractivity contribution is 6.02. The molecule has 1 unspecified atom stereocenters. The van der Waals surface area contributed by atoms with Crippen molar-refractivity contribution in [1.82, 2.24) is 9.61 Å². The average Bonchev–Trinajstić information content (AvgIpc) is 2.90. The fourth-order valence-electron chi connectivity index (χ4n) is 3.50. The molecule has 5 N–H and O–H groups in total. The molecule has 2 heterocycles. The number of hydrogen-bond acceptors (Lipinski definition) is 4. The van der Waals surface area contributed by atoms with Crippen molar-refractivity contribution in [3.8, 4) is 0 Å². The molecule has 124 valence electrons. The van der Waals surface area contributed by atoms with Crippen LogP contribution >= 0.6 is 0 Å². The summed E-state index contributed by atoms with van der Waals surface area (Å²) in [6.45, 7) is 9.13. The summed E-state index contributed by atoms with van der Waals surface area (Å²) in [4.78, 5) is 11.8. The van der Waals surface area contributed by atoms with Gasteiger partial charge in [-0.25, -0.2) is 4.52 Å². The van der Waals surface area contributed by atoms with Gasteiger partial charge in [0.2, 0.25) is 0 Å². The summed E-state index contributed by atoms with van der Waals surface area (Å²) in [5.74, 6) is -0.489. The van der Waals surface area contributed by atoms with Crippen LogP contribution in [0, 0.1) is 10.8 Å². The normalized spacial score (nSPS) is 22.3. The molecule has 1 aliphatic carbocycles. The molecule has 0 bridgehead atoms. The molecule has 23 heavy (non-hydrogen) atoms. The zero-order valence-electron chi connectivity index (χ0n) is 14.2. The van der Waals surface area contributed by atoms with Gasteiger partial charge in [0.1, 0.15) is 0 Å². The van der Waals surface area contributed by atoms with Crippen LogP contribution in [0.3, 0.4) is 0 Å². The molecule has 0 spiro atoms. The molecule has 0 saturated heterocycles. The Kier molecular flexibility index (Phi) is 3.32. The second-order valence-electron chi connectivity index (χ2n) is 7.74. The zero-order valence-corrected chi connectivity index (χ0v) is 14.2. The van der Waals surface area contributed by atoms with Crippen LogP contribution in [0.15, 0.2) is 18.5 Å². The van der Waals surface area contributed by atoms with Crippen LogP contribution in [0.4, 0.5) is 11.4 Å². The van der Waals surface area contributed by atoms with Crippen molar-refractivity contribution in [3.63, 3.8) is 0 Å². The minimum atomic E-state index is -0.489. The third-order valence-corrected chi connectivity index (χ3v) is 5.92. The van der Waals surface area contributed by atoms with Crippen molar-refractivity contribution in [2.75, 3.05) is 11.1 Å². The monoisotopic (exact) mass is 315 g/mol. The first kappa shape index (κ1) is 15.6. The number of carbonyl (C=O) groups is 1. The first-order valence-electron chi connectivity index (χ1n) is 7.97. The Morgan fingerprint density at radius 2 is 2.09 bits per heavy atom. The molecule has 0 aliphatic heterocycles. The lowest BCUT2D eigenvalue weighted by Crippen LogP contribution is -2.39. The van der Waals surface area contributed by atoms with Gasteiger partial charge in [0.15, 0.2) is 0 Å². The molecule has 6 nitrogen and oxygen atoms in total.